The third-order valence-corrected chi connectivity index (χ3v) is 6.31. The van der Waals surface area contributed by atoms with Gasteiger partial charge in [-0.1, -0.05) is 6.92 Å². The fourth-order valence-electron chi connectivity index (χ4n) is 3.20. The lowest BCUT2D eigenvalue weighted by Crippen LogP contribution is -2.61. The minimum Gasteiger partial charge on any atom is -0.329 e. The van der Waals surface area contributed by atoms with Gasteiger partial charge in [-0.05, 0) is 44.7 Å². The largest absolute Gasteiger partial charge is 0.329 e. The highest BCUT2D eigenvalue weighted by Crippen LogP contribution is 2.31. The lowest BCUT2D eigenvalue weighted by atomic mass is 9.88. The summed E-state index contributed by atoms with van der Waals surface area (Å²) in [5.41, 5.74) is 5.65. The van der Waals surface area contributed by atoms with E-state index < -0.39 is 9.84 Å². The molecular formula is C12H24N2O2S. The molecule has 17 heavy (non-hydrogen) atoms. The van der Waals surface area contributed by atoms with E-state index in [1.165, 1.54) is 12.8 Å². The van der Waals surface area contributed by atoms with E-state index in [4.69, 9.17) is 5.73 Å². The first-order valence-corrected chi connectivity index (χ1v) is 8.45. The predicted octanol–water partition coefficient (Wildman–Crippen LogP) is 0.624. The molecule has 2 heterocycles. The van der Waals surface area contributed by atoms with Crippen molar-refractivity contribution in [3.05, 3.63) is 0 Å². The van der Waals surface area contributed by atoms with Crippen LogP contribution in [0.3, 0.4) is 0 Å². The first-order valence-electron chi connectivity index (χ1n) is 6.63. The summed E-state index contributed by atoms with van der Waals surface area (Å²) in [6.45, 7) is 4.76. The Balaban J connectivity index is 2.13. The Morgan fingerprint density at radius 2 is 2.00 bits per heavy atom. The second-order valence-corrected chi connectivity index (χ2v) is 7.98. The van der Waals surface area contributed by atoms with Crippen molar-refractivity contribution in [1.29, 1.82) is 0 Å². The first kappa shape index (κ1) is 13.3. The van der Waals surface area contributed by atoms with Crippen LogP contribution in [0.15, 0.2) is 0 Å². The van der Waals surface area contributed by atoms with Gasteiger partial charge in [-0.2, -0.15) is 0 Å². The van der Waals surface area contributed by atoms with Gasteiger partial charge < -0.3 is 5.73 Å². The molecule has 0 aromatic rings. The van der Waals surface area contributed by atoms with Crippen LogP contribution < -0.4 is 5.73 Å². The molecular weight excluding hydrogens is 236 g/mol. The SMILES string of the molecule is CC1CCN(C2(CN)CCCS(=O)(=O)C2)CC1. The molecule has 2 rings (SSSR count). The average molecular weight is 260 g/mol. The molecule has 100 valence electrons. The van der Waals surface area contributed by atoms with Gasteiger partial charge in [0.15, 0.2) is 9.84 Å². The summed E-state index contributed by atoms with van der Waals surface area (Å²) in [6.07, 6.45) is 4.05. The molecule has 0 saturated carbocycles. The first-order chi connectivity index (χ1) is 7.97. The molecule has 2 aliphatic heterocycles. The van der Waals surface area contributed by atoms with Crippen molar-refractivity contribution in [3.63, 3.8) is 0 Å². The summed E-state index contributed by atoms with van der Waals surface area (Å²) in [5, 5.41) is 0. The highest BCUT2D eigenvalue weighted by atomic mass is 32.2. The van der Waals surface area contributed by atoms with Gasteiger partial charge in [0.2, 0.25) is 0 Å². The van der Waals surface area contributed by atoms with Gasteiger partial charge in [0.05, 0.1) is 11.5 Å². The average Bonchev–Trinajstić information content (AvgIpc) is 2.28. The molecule has 0 aliphatic carbocycles. The van der Waals surface area contributed by atoms with Crippen molar-refractivity contribution in [3.8, 4) is 0 Å². The lowest BCUT2D eigenvalue weighted by Gasteiger charge is -2.48. The Hall–Kier alpha value is -0.130. The van der Waals surface area contributed by atoms with Crippen LogP contribution in [-0.2, 0) is 9.84 Å². The Morgan fingerprint density at radius 3 is 2.53 bits per heavy atom. The molecule has 2 fully saturated rings. The normalized spacial score (nSPS) is 35.9. The molecule has 1 unspecified atom stereocenters. The maximum Gasteiger partial charge on any atom is 0.152 e. The van der Waals surface area contributed by atoms with Crippen LogP contribution in [0.25, 0.3) is 0 Å². The van der Waals surface area contributed by atoms with Gasteiger partial charge in [0.1, 0.15) is 0 Å². The van der Waals surface area contributed by atoms with Crippen molar-refractivity contribution in [2.75, 3.05) is 31.1 Å². The van der Waals surface area contributed by atoms with Crippen molar-refractivity contribution in [2.45, 2.75) is 38.1 Å². The molecule has 2 aliphatic rings. The number of likely N-dealkylation sites (tertiary alicyclic amines) is 1. The van der Waals surface area contributed by atoms with E-state index >= 15 is 0 Å². The second-order valence-electron chi connectivity index (χ2n) is 5.79. The number of piperidine rings is 1. The van der Waals surface area contributed by atoms with Crippen molar-refractivity contribution < 1.29 is 8.42 Å². The molecule has 0 bridgehead atoms. The van der Waals surface area contributed by atoms with E-state index in [1.807, 2.05) is 0 Å². The van der Waals surface area contributed by atoms with Crippen LogP contribution >= 0.6 is 0 Å². The standard InChI is InChI=1S/C12H24N2O2S/c1-11-3-6-14(7-4-11)12(9-13)5-2-8-17(15,16)10-12/h11H,2-10,13H2,1H3. The van der Waals surface area contributed by atoms with E-state index in [2.05, 4.69) is 11.8 Å². The molecule has 0 amide bonds. The fourth-order valence-corrected chi connectivity index (χ4v) is 5.19. The van der Waals surface area contributed by atoms with Crippen molar-refractivity contribution in [2.24, 2.45) is 11.7 Å². The molecule has 1 atom stereocenters. The van der Waals surface area contributed by atoms with Gasteiger partial charge in [0.25, 0.3) is 0 Å². The maximum atomic E-state index is 11.8. The summed E-state index contributed by atoms with van der Waals surface area (Å²) in [6, 6.07) is 0. The van der Waals surface area contributed by atoms with Crippen LogP contribution in [0.5, 0.6) is 0 Å². The number of hydrogen-bond acceptors (Lipinski definition) is 4. The highest BCUT2D eigenvalue weighted by molar-refractivity contribution is 7.91. The zero-order valence-corrected chi connectivity index (χ0v) is 11.5. The third-order valence-electron chi connectivity index (χ3n) is 4.42. The molecule has 2 N–H and O–H groups in total. The van der Waals surface area contributed by atoms with Crippen LogP contribution in [0, 0.1) is 5.92 Å². The number of rotatable bonds is 2. The molecule has 0 aromatic heterocycles. The van der Waals surface area contributed by atoms with Crippen LogP contribution in [0.2, 0.25) is 0 Å². The van der Waals surface area contributed by atoms with Gasteiger partial charge in [-0.25, -0.2) is 8.42 Å². The Bertz CT molecular complexity index is 361. The van der Waals surface area contributed by atoms with Crippen LogP contribution in [0.1, 0.15) is 32.6 Å². The Kier molecular flexibility index (Phi) is 3.80. The Morgan fingerprint density at radius 1 is 1.35 bits per heavy atom. The van der Waals surface area contributed by atoms with Crippen molar-refractivity contribution >= 4 is 9.84 Å². The number of hydrogen-bond donors (Lipinski definition) is 1. The summed E-state index contributed by atoms with van der Waals surface area (Å²) < 4.78 is 23.7. The molecule has 0 radical (unpaired) electrons. The third kappa shape index (κ3) is 2.83. The number of sulfone groups is 1. The van der Waals surface area contributed by atoms with Crippen LogP contribution in [0.4, 0.5) is 0 Å². The summed E-state index contributed by atoms with van der Waals surface area (Å²) in [7, 11) is -2.89. The predicted molar refractivity (Wildman–Crippen MR) is 69.6 cm³/mol. The molecule has 4 nitrogen and oxygen atoms in total. The lowest BCUT2D eigenvalue weighted by molar-refractivity contribution is 0.0634. The molecule has 0 spiro atoms. The van der Waals surface area contributed by atoms with E-state index in [-0.39, 0.29) is 11.3 Å². The summed E-state index contributed by atoms with van der Waals surface area (Å²) >= 11 is 0. The van der Waals surface area contributed by atoms with Crippen LogP contribution in [-0.4, -0.2) is 50.0 Å². The minimum absolute atomic E-state index is 0.267. The van der Waals surface area contributed by atoms with E-state index in [0.29, 0.717) is 12.3 Å². The monoisotopic (exact) mass is 260 g/mol. The summed E-state index contributed by atoms with van der Waals surface area (Å²) in [5.74, 6) is 1.38. The molecule has 0 aromatic carbocycles. The second kappa shape index (κ2) is 4.86. The minimum atomic E-state index is -2.89. The van der Waals surface area contributed by atoms with E-state index in [0.717, 1.165) is 31.8 Å². The highest BCUT2D eigenvalue weighted by Gasteiger charge is 2.43. The van der Waals surface area contributed by atoms with E-state index in [9.17, 15) is 8.42 Å². The van der Waals surface area contributed by atoms with Gasteiger partial charge in [-0.3, -0.25) is 4.90 Å². The summed E-state index contributed by atoms with van der Waals surface area (Å²) in [4.78, 5) is 2.35. The number of nitrogens with two attached hydrogens (primary N) is 1. The maximum absolute atomic E-state index is 11.8. The fraction of sp³-hybridized carbons (Fsp3) is 1.00. The number of nitrogens with zero attached hydrogens (tertiary/aromatic N) is 1. The van der Waals surface area contributed by atoms with Gasteiger partial charge in [-0.15, -0.1) is 0 Å². The quantitative estimate of drug-likeness (QED) is 0.791. The Labute approximate surface area is 104 Å². The topological polar surface area (TPSA) is 63.4 Å². The van der Waals surface area contributed by atoms with Gasteiger partial charge >= 0.3 is 0 Å². The van der Waals surface area contributed by atoms with Gasteiger partial charge in [0, 0.05) is 12.1 Å². The smallest absolute Gasteiger partial charge is 0.152 e. The molecule has 2 saturated heterocycles. The zero-order valence-electron chi connectivity index (χ0n) is 10.7. The molecule has 5 heteroatoms. The van der Waals surface area contributed by atoms with E-state index in [1.54, 1.807) is 0 Å². The van der Waals surface area contributed by atoms with Crippen molar-refractivity contribution in [1.82, 2.24) is 4.90 Å². The zero-order chi connectivity index (χ0) is 12.5.